The van der Waals surface area contributed by atoms with E-state index in [0.717, 1.165) is 0 Å². The number of alkyl halides is 12. The van der Waals surface area contributed by atoms with Crippen LogP contribution in [0.2, 0.25) is 0 Å². The number of nitrogen functional groups attached to an aromatic ring is 2. The van der Waals surface area contributed by atoms with Crippen LogP contribution in [0.5, 0.6) is 0 Å². The van der Waals surface area contributed by atoms with Crippen molar-refractivity contribution in [1.29, 1.82) is 0 Å². The van der Waals surface area contributed by atoms with Crippen molar-refractivity contribution in [3.05, 3.63) is 34.2 Å². The molecule has 1 aromatic heterocycles. The van der Waals surface area contributed by atoms with E-state index in [0.29, 0.717) is 23.5 Å². The van der Waals surface area contributed by atoms with E-state index >= 15 is 0 Å². The van der Waals surface area contributed by atoms with Gasteiger partial charge in [-0.15, -0.1) is 11.3 Å². The van der Waals surface area contributed by atoms with Gasteiger partial charge in [0.15, 0.2) is 0 Å². The maximum absolute atomic E-state index is 13.3. The third-order valence-electron chi connectivity index (χ3n) is 5.87. The minimum atomic E-state index is -5.18. The van der Waals surface area contributed by atoms with Gasteiger partial charge in [-0.3, -0.25) is 0 Å². The number of anilines is 2. The molecule has 0 amide bonds. The third kappa shape index (κ3) is 5.75. The molecule has 1 saturated carbocycles. The summed E-state index contributed by atoms with van der Waals surface area (Å²) in [6.45, 7) is 0. The van der Waals surface area contributed by atoms with Crippen LogP contribution in [0.15, 0.2) is 18.2 Å². The van der Waals surface area contributed by atoms with Crippen LogP contribution in [0.3, 0.4) is 0 Å². The zero-order chi connectivity index (χ0) is 26.7. The standard InChI is InChI=1S/C20H16F12N2S/c21-17(22,23)9-1-7(2-10(5-9)18(24,25)26)15-13(33)14(34)16(35-15)8-3-11(19(27,28)29)6-12(4-8)20(30,31)32/h1-2,5,8,11-12H,3-4,6,33-34H2/t8?,11-,12?/m1/s1. The number of benzene rings is 1. The lowest BCUT2D eigenvalue weighted by Gasteiger charge is -2.36. The summed E-state index contributed by atoms with van der Waals surface area (Å²) < 4.78 is 159. The molecule has 1 aliphatic rings. The number of thiophene rings is 1. The fourth-order valence-corrected chi connectivity index (χ4v) is 5.40. The number of nitrogens with two attached hydrogens (primary N) is 2. The second kappa shape index (κ2) is 8.66. The fourth-order valence-electron chi connectivity index (χ4n) is 4.15. The quantitative estimate of drug-likeness (QED) is 0.374. The molecule has 15 heteroatoms. The van der Waals surface area contributed by atoms with Gasteiger partial charge in [0.25, 0.3) is 0 Å². The van der Waals surface area contributed by atoms with Crippen molar-refractivity contribution < 1.29 is 52.7 Å². The Kier molecular flexibility index (Phi) is 6.75. The Hall–Kier alpha value is -2.32. The molecule has 2 unspecified atom stereocenters. The highest BCUT2D eigenvalue weighted by Crippen LogP contribution is 2.55. The van der Waals surface area contributed by atoms with Crippen molar-refractivity contribution in [2.75, 3.05) is 11.5 Å². The Morgan fingerprint density at radius 3 is 1.43 bits per heavy atom. The normalized spacial score (nSPS) is 22.5. The van der Waals surface area contributed by atoms with E-state index in [1.165, 1.54) is 0 Å². The van der Waals surface area contributed by atoms with Crippen molar-refractivity contribution in [3.8, 4) is 10.4 Å². The summed E-state index contributed by atoms with van der Waals surface area (Å²) >= 11 is 0.390. The van der Waals surface area contributed by atoms with Crippen LogP contribution in [-0.4, -0.2) is 12.4 Å². The van der Waals surface area contributed by atoms with E-state index in [4.69, 9.17) is 11.5 Å². The monoisotopic (exact) mass is 544 g/mol. The molecule has 3 atom stereocenters. The van der Waals surface area contributed by atoms with Crippen LogP contribution in [0.4, 0.5) is 64.1 Å². The van der Waals surface area contributed by atoms with E-state index in [9.17, 15) is 52.7 Å². The second-order valence-electron chi connectivity index (χ2n) is 8.30. The Bertz CT molecular complexity index is 1020. The van der Waals surface area contributed by atoms with E-state index in [1.807, 2.05) is 0 Å². The molecule has 0 aliphatic heterocycles. The Morgan fingerprint density at radius 1 is 0.629 bits per heavy atom. The van der Waals surface area contributed by atoms with Crippen LogP contribution in [0.25, 0.3) is 10.4 Å². The highest BCUT2D eigenvalue weighted by atomic mass is 32.1. The van der Waals surface area contributed by atoms with Gasteiger partial charge in [0.1, 0.15) is 0 Å². The molecule has 196 valence electrons. The van der Waals surface area contributed by atoms with E-state index in [2.05, 4.69) is 0 Å². The van der Waals surface area contributed by atoms with E-state index in [-0.39, 0.29) is 10.9 Å². The number of halogens is 12. The lowest BCUT2D eigenvalue weighted by Crippen LogP contribution is -2.37. The first kappa shape index (κ1) is 27.3. The number of hydrogen-bond donors (Lipinski definition) is 2. The average Bonchev–Trinajstić information content (AvgIpc) is 2.99. The Balaban J connectivity index is 2.12. The van der Waals surface area contributed by atoms with Crippen molar-refractivity contribution in [3.63, 3.8) is 0 Å². The van der Waals surface area contributed by atoms with Crippen molar-refractivity contribution in [1.82, 2.24) is 0 Å². The maximum Gasteiger partial charge on any atom is 0.416 e. The van der Waals surface area contributed by atoms with Crippen molar-refractivity contribution in [2.45, 2.75) is 49.9 Å². The Labute approximate surface area is 193 Å². The first-order chi connectivity index (χ1) is 15.7. The van der Waals surface area contributed by atoms with Gasteiger partial charge in [-0.1, -0.05) is 0 Å². The SMILES string of the molecule is Nc1c(-c2cc(C(F)(F)F)cc(C(F)(F)F)c2)sc(C2CC(C(F)(F)F)C[C@H](C(F)(F)F)C2)c1N. The molecule has 35 heavy (non-hydrogen) atoms. The summed E-state index contributed by atoms with van der Waals surface area (Å²) in [6, 6.07) is 0.595. The van der Waals surface area contributed by atoms with Crippen LogP contribution < -0.4 is 11.5 Å². The molecule has 2 aromatic rings. The summed E-state index contributed by atoms with van der Waals surface area (Å²) in [5.74, 6) is -6.06. The maximum atomic E-state index is 13.3. The second-order valence-corrected chi connectivity index (χ2v) is 9.35. The average molecular weight is 544 g/mol. The predicted molar refractivity (Wildman–Crippen MR) is 104 cm³/mol. The van der Waals surface area contributed by atoms with Gasteiger partial charge < -0.3 is 11.5 Å². The first-order valence-corrected chi connectivity index (χ1v) is 10.6. The van der Waals surface area contributed by atoms with Gasteiger partial charge in [-0.05, 0) is 48.9 Å². The van der Waals surface area contributed by atoms with Crippen LogP contribution in [-0.2, 0) is 12.4 Å². The summed E-state index contributed by atoms with van der Waals surface area (Å²) in [5, 5.41) is 0. The smallest absolute Gasteiger partial charge is 0.396 e. The molecule has 0 spiro atoms. The first-order valence-electron chi connectivity index (χ1n) is 9.80. The van der Waals surface area contributed by atoms with Gasteiger partial charge in [-0.25, -0.2) is 0 Å². The third-order valence-corrected chi connectivity index (χ3v) is 7.30. The lowest BCUT2D eigenvalue weighted by atomic mass is 9.73. The molecule has 1 aromatic carbocycles. The molecule has 4 N–H and O–H groups in total. The largest absolute Gasteiger partial charge is 0.416 e. The predicted octanol–water partition coefficient (Wildman–Crippen LogP) is 8.24. The lowest BCUT2D eigenvalue weighted by molar-refractivity contribution is -0.224. The summed E-state index contributed by atoms with van der Waals surface area (Å²) in [6.07, 6.45) is -23.0. The fraction of sp³-hybridized carbons (Fsp3) is 0.500. The molecule has 2 nitrogen and oxygen atoms in total. The molecule has 0 radical (unpaired) electrons. The number of hydrogen-bond acceptors (Lipinski definition) is 3. The molecule has 0 bridgehead atoms. The van der Waals surface area contributed by atoms with E-state index in [1.54, 1.807) is 0 Å². The minimum Gasteiger partial charge on any atom is -0.396 e. The molecule has 1 heterocycles. The number of rotatable bonds is 2. The molecule has 3 rings (SSSR count). The van der Waals surface area contributed by atoms with Gasteiger partial charge in [0.05, 0.1) is 39.2 Å². The highest BCUT2D eigenvalue weighted by molar-refractivity contribution is 7.17. The van der Waals surface area contributed by atoms with Crippen molar-refractivity contribution >= 4 is 22.7 Å². The molecule has 1 fully saturated rings. The van der Waals surface area contributed by atoms with Gasteiger partial charge in [-0.2, -0.15) is 52.7 Å². The van der Waals surface area contributed by atoms with Gasteiger partial charge in [0, 0.05) is 4.88 Å². The molecule has 0 saturated heterocycles. The molecule has 1 aliphatic carbocycles. The molecular formula is C20H16F12N2S. The van der Waals surface area contributed by atoms with Crippen LogP contribution in [0, 0.1) is 11.8 Å². The summed E-state index contributed by atoms with van der Waals surface area (Å²) in [4.78, 5) is -0.654. The van der Waals surface area contributed by atoms with E-state index < -0.39 is 94.7 Å². The summed E-state index contributed by atoms with van der Waals surface area (Å²) in [7, 11) is 0. The van der Waals surface area contributed by atoms with Crippen LogP contribution in [0.1, 0.15) is 41.2 Å². The van der Waals surface area contributed by atoms with Crippen LogP contribution >= 0.6 is 11.3 Å². The van der Waals surface area contributed by atoms with Crippen molar-refractivity contribution in [2.24, 2.45) is 11.8 Å². The van der Waals surface area contributed by atoms with Gasteiger partial charge >= 0.3 is 24.7 Å². The minimum absolute atomic E-state index is 0.124. The zero-order valence-corrected chi connectivity index (χ0v) is 18.0. The van der Waals surface area contributed by atoms with Gasteiger partial charge in [0.2, 0.25) is 0 Å². The highest BCUT2D eigenvalue weighted by Gasteiger charge is 2.52. The Morgan fingerprint density at radius 2 is 1.06 bits per heavy atom. The topological polar surface area (TPSA) is 52.0 Å². The summed E-state index contributed by atoms with van der Waals surface area (Å²) in [5.41, 5.74) is 6.61. The zero-order valence-electron chi connectivity index (χ0n) is 17.2. The molecular weight excluding hydrogens is 528 g/mol.